The maximum Gasteiger partial charge on any atom is 0.130 e. The van der Waals surface area contributed by atoms with Crippen molar-refractivity contribution < 1.29 is 9.13 Å². The van der Waals surface area contributed by atoms with Gasteiger partial charge in [0.1, 0.15) is 18.2 Å². The third kappa shape index (κ3) is 3.57. The Kier molecular flexibility index (Phi) is 4.39. The van der Waals surface area contributed by atoms with Gasteiger partial charge in [-0.2, -0.15) is 5.10 Å². The smallest absolute Gasteiger partial charge is 0.130 e. The van der Waals surface area contributed by atoms with Gasteiger partial charge in [-0.25, -0.2) is 4.39 Å². The predicted octanol–water partition coefficient (Wildman–Crippen LogP) is 2.34. The van der Waals surface area contributed by atoms with Crippen molar-refractivity contribution >= 4 is 0 Å². The lowest BCUT2D eigenvalue weighted by Gasteiger charge is -2.13. The van der Waals surface area contributed by atoms with Crippen molar-refractivity contribution in [3.05, 3.63) is 47.0 Å². The van der Waals surface area contributed by atoms with Crippen LogP contribution in [0.15, 0.2) is 24.3 Å². The number of hydrogen-bond donors (Lipinski definition) is 1. The molecule has 0 aliphatic heterocycles. The van der Waals surface area contributed by atoms with Crippen molar-refractivity contribution in [1.29, 1.82) is 0 Å². The first-order chi connectivity index (χ1) is 9.45. The molecular weight excluding hydrogens is 257 g/mol. The lowest BCUT2D eigenvalue weighted by Crippen LogP contribution is -2.18. The zero-order valence-electron chi connectivity index (χ0n) is 12.1. The van der Waals surface area contributed by atoms with E-state index in [-0.39, 0.29) is 11.9 Å². The van der Waals surface area contributed by atoms with Crippen molar-refractivity contribution in [3.8, 4) is 5.75 Å². The van der Waals surface area contributed by atoms with E-state index in [1.165, 1.54) is 12.1 Å². The van der Waals surface area contributed by atoms with Gasteiger partial charge in [0.2, 0.25) is 0 Å². The highest BCUT2D eigenvalue weighted by atomic mass is 19.1. The zero-order valence-corrected chi connectivity index (χ0v) is 12.1. The Bertz CT molecular complexity index is 593. The molecule has 0 aliphatic rings. The van der Waals surface area contributed by atoms with Gasteiger partial charge in [-0.1, -0.05) is 0 Å². The van der Waals surface area contributed by atoms with E-state index in [9.17, 15) is 4.39 Å². The van der Waals surface area contributed by atoms with Crippen molar-refractivity contribution in [2.24, 2.45) is 12.8 Å². The van der Waals surface area contributed by atoms with Crippen molar-refractivity contribution in [1.82, 2.24) is 9.78 Å². The molecule has 2 N–H and O–H groups in total. The maximum absolute atomic E-state index is 13.3. The summed E-state index contributed by atoms with van der Waals surface area (Å²) in [7, 11) is 1.87. The molecule has 0 fully saturated rings. The summed E-state index contributed by atoms with van der Waals surface area (Å²) in [6.45, 7) is 4.22. The van der Waals surface area contributed by atoms with Crippen LogP contribution in [0, 0.1) is 12.7 Å². The molecule has 0 aliphatic carbocycles. The molecule has 4 nitrogen and oxygen atoms in total. The van der Waals surface area contributed by atoms with Crippen molar-refractivity contribution in [3.63, 3.8) is 0 Å². The molecule has 108 valence electrons. The van der Waals surface area contributed by atoms with Crippen LogP contribution < -0.4 is 10.5 Å². The van der Waals surface area contributed by atoms with Crippen LogP contribution in [0.4, 0.5) is 4.39 Å². The maximum atomic E-state index is 13.3. The first kappa shape index (κ1) is 14.5. The number of aryl methyl sites for hydroxylation is 2. The monoisotopic (exact) mass is 277 g/mol. The summed E-state index contributed by atoms with van der Waals surface area (Å²) in [4.78, 5) is 0. The Morgan fingerprint density at radius 2 is 2.15 bits per heavy atom. The Labute approximate surface area is 118 Å². The van der Waals surface area contributed by atoms with Crippen LogP contribution in [-0.4, -0.2) is 15.8 Å². The summed E-state index contributed by atoms with van der Waals surface area (Å²) in [6.07, 6.45) is 0.581. The van der Waals surface area contributed by atoms with Gasteiger partial charge in [0.25, 0.3) is 0 Å². The van der Waals surface area contributed by atoms with E-state index in [1.807, 2.05) is 27.0 Å². The Morgan fingerprint density at radius 1 is 1.40 bits per heavy atom. The zero-order chi connectivity index (χ0) is 14.7. The SMILES string of the molecule is Cc1cc(COc2ccc(F)cc2CC(C)N)n(C)n1. The van der Waals surface area contributed by atoms with Crippen LogP contribution in [0.25, 0.3) is 0 Å². The molecule has 0 spiro atoms. The molecule has 0 saturated heterocycles. The number of aromatic nitrogens is 2. The summed E-state index contributed by atoms with van der Waals surface area (Å²) in [5, 5.41) is 4.26. The molecule has 0 amide bonds. The summed E-state index contributed by atoms with van der Waals surface area (Å²) < 4.78 is 20.9. The molecule has 1 heterocycles. The minimum Gasteiger partial charge on any atom is -0.487 e. The molecule has 1 aromatic heterocycles. The average Bonchev–Trinajstić information content (AvgIpc) is 2.66. The quantitative estimate of drug-likeness (QED) is 0.912. The number of nitrogens with two attached hydrogens (primary N) is 1. The molecule has 1 aromatic carbocycles. The van der Waals surface area contributed by atoms with E-state index in [4.69, 9.17) is 10.5 Å². The van der Waals surface area contributed by atoms with Gasteiger partial charge in [0, 0.05) is 13.1 Å². The van der Waals surface area contributed by atoms with E-state index >= 15 is 0 Å². The lowest BCUT2D eigenvalue weighted by molar-refractivity contribution is 0.291. The van der Waals surface area contributed by atoms with Crippen molar-refractivity contribution in [2.45, 2.75) is 32.9 Å². The topological polar surface area (TPSA) is 53.1 Å². The van der Waals surface area contributed by atoms with E-state index in [0.717, 1.165) is 17.0 Å². The Hall–Kier alpha value is -1.88. The van der Waals surface area contributed by atoms with Gasteiger partial charge in [-0.15, -0.1) is 0 Å². The van der Waals surface area contributed by atoms with Gasteiger partial charge < -0.3 is 10.5 Å². The number of benzene rings is 1. The molecule has 0 bridgehead atoms. The molecule has 1 atom stereocenters. The first-order valence-electron chi connectivity index (χ1n) is 6.62. The first-order valence-corrected chi connectivity index (χ1v) is 6.62. The van der Waals surface area contributed by atoms with E-state index in [2.05, 4.69) is 5.10 Å². The molecule has 0 radical (unpaired) electrons. The standard InChI is InChI=1S/C15H20FN3O/c1-10(17)6-12-8-13(16)4-5-15(12)20-9-14-7-11(2)18-19(14)3/h4-5,7-8,10H,6,9,17H2,1-3H3. The third-order valence-electron chi connectivity index (χ3n) is 3.04. The fourth-order valence-corrected chi connectivity index (χ4v) is 2.15. The van der Waals surface area contributed by atoms with Crippen LogP contribution in [0.2, 0.25) is 0 Å². The minimum atomic E-state index is -0.274. The second-order valence-electron chi connectivity index (χ2n) is 5.12. The summed E-state index contributed by atoms with van der Waals surface area (Å²) >= 11 is 0. The molecular formula is C15H20FN3O. The molecule has 5 heteroatoms. The van der Waals surface area contributed by atoms with E-state index in [1.54, 1.807) is 10.7 Å². The van der Waals surface area contributed by atoms with Crippen LogP contribution in [0.5, 0.6) is 5.75 Å². The average molecular weight is 277 g/mol. The van der Waals surface area contributed by atoms with E-state index < -0.39 is 0 Å². The van der Waals surface area contributed by atoms with Crippen LogP contribution in [0.3, 0.4) is 0 Å². The lowest BCUT2D eigenvalue weighted by atomic mass is 10.1. The van der Waals surface area contributed by atoms with Gasteiger partial charge in [0.05, 0.1) is 11.4 Å². The van der Waals surface area contributed by atoms with Gasteiger partial charge in [-0.3, -0.25) is 4.68 Å². The van der Waals surface area contributed by atoms with Crippen molar-refractivity contribution in [2.75, 3.05) is 0 Å². The molecule has 20 heavy (non-hydrogen) atoms. The molecule has 2 aromatic rings. The van der Waals surface area contributed by atoms with Crippen LogP contribution >= 0.6 is 0 Å². The van der Waals surface area contributed by atoms with Gasteiger partial charge >= 0.3 is 0 Å². The second-order valence-corrected chi connectivity index (χ2v) is 5.12. The highest BCUT2D eigenvalue weighted by Crippen LogP contribution is 2.22. The summed E-state index contributed by atoms with van der Waals surface area (Å²) in [5.41, 5.74) is 8.49. The molecule has 2 rings (SSSR count). The number of halogens is 1. The molecule has 1 unspecified atom stereocenters. The largest absolute Gasteiger partial charge is 0.487 e. The predicted molar refractivity (Wildman–Crippen MR) is 76.0 cm³/mol. The Balaban J connectivity index is 2.14. The minimum absolute atomic E-state index is 0.0434. The Morgan fingerprint density at radius 3 is 2.75 bits per heavy atom. The molecule has 0 saturated carbocycles. The fourth-order valence-electron chi connectivity index (χ4n) is 2.15. The second kappa shape index (κ2) is 6.05. The number of nitrogens with zero attached hydrogens (tertiary/aromatic N) is 2. The van der Waals surface area contributed by atoms with Gasteiger partial charge in [0.15, 0.2) is 0 Å². The fraction of sp³-hybridized carbons (Fsp3) is 0.400. The summed E-state index contributed by atoms with van der Waals surface area (Å²) in [5.74, 6) is 0.395. The highest BCUT2D eigenvalue weighted by molar-refractivity contribution is 5.34. The van der Waals surface area contributed by atoms with Gasteiger partial charge in [-0.05, 0) is 50.1 Å². The third-order valence-corrected chi connectivity index (χ3v) is 3.04. The van der Waals surface area contributed by atoms with Crippen LogP contribution in [-0.2, 0) is 20.1 Å². The van der Waals surface area contributed by atoms with E-state index in [0.29, 0.717) is 18.8 Å². The number of ether oxygens (including phenoxy) is 1. The highest BCUT2D eigenvalue weighted by Gasteiger charge is 2.09. The summed E-state index contributed by atoms with van der Waals surface area (Å²) in [6, 6.07) is 6.45. The number of hydrogen-bond acceptors (Lipinski definition) is 3. The van der Waals surface area contributed by atoms with Crippen LogP contribution in [0.1, 0.15) is 23.9 Å². The number of rotatable bonds is 5. The normalized spacial score (nSPS) is 12.4.